The molecule has 0 atom stereocenters. The fourth-order valence-electron chi connectivity index (χ4n) is 1.87. The molecule has 10 heteroatoms. The lowest BCUT2D eigenvalue weighted by Gasteiger charge is -2.15. The fraction of sp³-hybridized carbons (Fsp3) is 0.308. The molecule has 0 radical (unpaired) electrons. The Hall–Kier alpha value is -2.07. The molecular formula is C13H15N3O5S2. The number of carbonyl (C=O) groups excluding carboxylic acids is 1. The van der Waals surface area contributed by atoms with Crippen LogP contribution in [0.2, 0.25) is 0 Å². The van der Waals surface area contributed by atoms with Gasteiger partial charge in [-0.25, -0.2) is 13.1 Å². The number of hydrogen-bond donors (Lipinski definition) is 2. The highest BCUT2D eigenvalue weighted by atomic mass is 32.2. The van der Waals surface area contributed by atoms with E-state index >= 15 is 0 Å². The van der Waals surface area contributed by atoms with Crippen molar-refractivity contribution in [3.8, 4) is 0 Å². The summed E-state index contributed by atoms with van der Waals surface area (Å²) in [5.74, 6) is -0.634. The average Bonchev–Trinajstić information content (AvgIpc) is 2.48. The van der Waals surface area contributed by atoms with E-state index in [-0.39, 0.29) is 9.92 Å². The van der Waals surface area contributed by atoms with E-state index in [0.29, 0.717) is 12.3 Å². The van der Waals surface area contributed by atoms with E-state index in [2.05, 4.69) is 5.32 Å². The van der Waals surface area contributed by atoms with Crippen LogP contribution in [0.4, 0.5) is 0 Å². The minimum Gasteiger partial charge on any atom is -0.374 e. The molecule has 0 saturated carbocycles. The van der Waals surface area contributed by atoms with Crippen LogP contribution in [0.25, 0.3) is 0 Å². The molecule has 0 aliphatic carbocycles. The first-order valence-electron chi connectivity index (χ1n) is 6.70. The Morgan fingerprint density at radius 1 is 1.35 bits per heavy atom. The lowest BCUT2D eigenvalue weighted by atomic mass is 10.2. The lowest BCUT2D eigenvalue weighted by Crippen LogP contribution is -2.36. The molecule has 1 heterocycles. The second-order valence-electron chi connectivity index (χ2n) is 4.81. The number of thioether (sulfide) groups is 1. The molecule has 2 rings (SSSR count). The molecule has 1 aliphatic heterocycles. The number of rotatable bonds is 4. The van der Waals surface area contributed by atoms with Gasteiger partial charge in [0.1, 0.15) is 0 Å². The maximum Gasteiger partial charge on any atom is 0.363 e. The number of nitro groups is 1. The van der Waals surface area contributed by atoms with E-state index in [4.69, 9.17) is 0 Å². The lowest BCUT2D eigenvalue weighted by molar-refractivity contribution is -0.419. The van der Waals surface area contributed by atoms with Gasteiger partial charge in [-0.3, -0.25) is 14.9 Å². The number of aryl methyl sites for hydroxylation is 1. The van der Waals surface area contributed by atoms with Crippen LogP contribution >= 0.6 is 11.8 Å². The third-order valence-electron chi connectivity index (χ3n) is 3.02. The fourth-order valence-corrected chi connectivity index (χ4v) is 3.82. The van der Waals surface area contributed by atoms with Gasteiger partial charge >= 0.3 is 11.6 Å². The second-order valence-corrected chi connectivity index (χ2v) is 7.60. The molecule has 1 aromatic rings. The van der Waals surface area contributed by atoms with E-state index in [1.807, 2.05) is 0 Å². The summed E-state index contributed by atoms with van der Waals surface area (Å²) in [6.07, 6.45) is 0.808. The predicted octanol–water partition coefficient (Wildman–Crippen LogP) is 0.972. The second kappa shape index (κ2) is 7.01. The predicted molar refractivity (Wildman–Crippen MR) is 85.6 cm³/mol. The molecule has 0 spiro atoms. The summed E-state index contributed by atoms with van der Waals surface area (Å²) in [7, 11) is -4.17. The Bertz CT molecular complexity index is 748. The number of sulfonamides is 1. The van der Waals surface area contributed by atoms with Crippen LogP contribution in [-0.4, -0.2) is 31.5 Å². The SMILES string of the molecule is Cc1ccc(S(=O)(=O)NC(=O)/C(=C2/NCCCS2)[N+](=O)[O-])cc1. The van der Waals surface area contributed by atoms with Crippen molar-refractivity contribution in [3.05, 3.63) is 50.7 Å². The van der Waals surface area contributed by atoms with Crippen LogP contribution in [-0.2, 0) is 14.8 Å². The number of nitrogens with zero attached hydrogens (tertiary/aromatic N) is 1. The Kier molecular flexibility index (Phi) is 5.26. The Morgan fingerprint density at radius 3 is 2.52 bits per heavy atom. The molecule has 0 unspecified atom stereocenters. The molecular weight excluding hydrogens is 342 g/mol. The quantitative estimate of drug-likeness (QED) is 0.468. The highest BCUT2D eigenvalue weighted by Gasteiger charge is 2.32. The van der Waals surface area contributed by atoms with Gasteiger partial charge in [-0.1, -0.05) is 17.7 Å². The van der Waals surface area contributed by atoms with E-state index < -0.39 is 26.6 Å². The van der Waals surface area contributed by atoms with Crippen molar-refractivity contribution in [2.45, 2.75) is 18.2 Å². The molecule has 1 aliphatic rings. The van der Waals surface area contributed by atoms with Crippen molar-refractivity contribution in [3.63, 3.8) is 0 Å². The van der Waals surface area contributed by atoms with E-state index in [9.17, 15) is 23.3 Å². The zero-order valence-electron chi connectivity index (χ0n) is 12.2. The third kappa shape index (κ3) is 4.23. The van der Waals surface area contributed by atoms with Crippen LogP contribution in [0, 0.1) is 17.0 Å². The van der Waals surface area contributed by atoms with E-state index in [0.717, 1.165) is 23.7 Å². The average molecular weight is 357 g/mol. The van der Waals surface area contributed by atoms with Gasteiger partial charge in [0.25, 0.3) is 10.0 Å². The van der Waals surface area contributed by atoms with Crippen LogP contribution in [0.3, 0.4) is 0 Å². The smallest absolute Gasteiger partial charge is 0.363 e. The van der Waals surface area contributed by atoms with Crippen molar-refractivity contribution < 1.29 is 18.1 Å². The first-order valence-corrected chi connectivity index (χ1v) is 9.17. The molecule has 1 aromatic carbocycles. The van der Waals surface area contributed by atoms with Crippen LogP contribution in [0.1, 0.15) is 12.0 Å². The number of nitrogens with one attached hydrogen (secondary N) is 2. The molecule has 8 nitrogen and oxygen atoms in total. The van der Waals surface area contributed by atoms with Crippen LogP contribution in [0.15, 0.2) is 39.9 Å². The largest absolute Gasteiger partial charge is 0.374 e. The van der Waals surface area contributed by atoms with Crippen molar-refractivity contribution in [2.75, 3.05) is 12.3 Å². The first-order chi connectivity index (χ1) is 10.8. The first kappa shape index (κ1) is 17.3. The standard InChI is InChI=1S/C13H15N3O5S2/c1-9-3-5-10(6-4-9)23(20,21)15-12(17)11(16(18)19)13-14-7-2-8-22-13/h3-6,14H,2,7-8H2,1H3,(H,15,17)/b13-11+. The van der Waals surface area contributed by atoms with Gasteiger partial charge in [-0.2, -0.15) is 0 Å². The highest BCUT2D eigenvalue weighted by Crippen LogP contribution is 2.22. The number of hydrogen-bond acceptors (Lipinski definition) is 7. The topological polar surface area (TPSA) is 118 Å². The summed E-state index contributed by atoms with van der Waals surface area (Å²) in [6, 6.07) is 5.81. The molecule has 1 amide bonds. The van der Waals surface area contributed by atoms with Crippen molar-refractivity contribution in [1.29, 1.82) is 0 Å². The molecule has 124 valence electrons. The summed E-state index contributed by atoms with van der Waals surface area (Å²) in [5, 5.41) is 14.0. The Balaban J connectivity index is 2.28. The highest BCUT2D eigenvalue weighted by molar-refractivity contribution is 8.03. The van der Waals surface area contributed by atoms with Crippen molar-refractivity contribution >= 4 is 27.7 Å². The van der Waals surface area contributed by atoms with Crippen molar-refractivity contribution in [2.24, 2.45) is 0 Å². The maximum absolute atomic E-state index is 12.2. The van der Waals surface area contributed by atoms with Gasteiger partial charge in [0.15, 0.2) is 5.03 Å². The molecule has 0 bridgehead atoms. The number of amides is 1. The van der Waals surface area contributed by atoms with E-state index in [1.54, 1.807) is 23.8 Å². The monoisotopic (exact) mass is 357 g/mol. The normalized spacial score (nSPS) is 17.1. The zero-order chi connectivity index (χ0) is 17.0. The summed E-state index contributed by atoms with van der Waals surface area (Å²) in [4.78, 5) is 22.2. The van der Waals surface area contributed by atoms with Gasteiger partial charge in [-0.15, -0.1) is 11.8 Å². The zero-order valence-corrected chi connectivity index (χ0v) is 13.9. The number of carbonyl (C=O) groups is 1. The molecule has 23 heavy (non-hydrogen) atoms. The molecule has 1 fully saturated rings. The Labute approximate surface area is 137 Å². The van der Waals surface area contributed by atoms with Crippen LogP contribution in [0.5, 0.6) is 0 Å². The summed E-state index contributed by atoms with van der Waals surface area (Å²) in [6.45, 7) is 2.29. The van der Waals surface area contributed by atoms with E-state index in [1.165, 1.54) is 12.1 Å². The van der Waals surface area contributed by atoms with Gasteiger partial charge < -0.3 is 5.32 Å². The Morgan fingerprint density at radius 2 is 2.00 bits per heavy atom. The third-order valence-corrected chi connectivity index (χ3v) is 5.49. The molecule has 1 saturated heterocycles. The molecule has 0 aromatic heterocycles. The summed E-state index contributed by atoms with van der Waals surface area (Å²) in [5.41, 5.74) is 0.0663. The van der Waals surface area contributed by atoms with Crippen molar-refractivity contribution in [1.82, 2.24) is 10.0 Å². The minimum absolute atomic E-state index is 0.0813. The van der Waals surface area contributed by atoms with Gasteiger partial charge in [-0.05, 0) is 25.5 Å². The van der Waals surface area contributed by atoms with Gasteiger partial charge in [0.05, 0.1) is 9.82 Å². The maximum atomic E-state index is 12.2. The summed E-state index contributed by atoms with van der Waals surface area (Å²) >= 11 is 1.12. The van der Waals surface area contributed by atoms with Crippen LogP contribution < -0.4 is 10.0 Å². The van der Waals surface area contributed by atoms with Gasteiger partial charge in [0.2, 0.25) is 0 Å². The molecule has 2 N–H and O–H groups in total. The summed E-state index contributed by atoms with van der Waals surface area (Å²) < 4.78 is 26.1. The number of benzene rings is 1. The minimum atomic E-state index is -4.17. The van der Waals surface area contributed by atoms with Gasteiger partial charge in [0, 0.05) is 12.3 Å².